The van der Waals surface area contributed by atoms with E-state index in [1.54, 1.807) is 18.4 Å². The van der Waals surface area contributed by atoms with Gasteiger partial charge in [-0.25, -0.2) is 0 Å². The SMILES string of the molecule is CCCNC(Cc1ccc(CC)s1)c1sccc1OC. The van der Waals surface area contributed by atoms with E-state index in [0.717, 1.165) is 31.6 Å². The highest BCUT2D eigenvalue weighted by molar-refractivity contribution is 7.12. The molecule has 2 rings (SSSR count). The summed E-state index contributed by atoms with van der Waals surface area (Å²) in [5.41, 5.74) is 0. The van der Waals surface area contributed by atoms with Crippen molar-refractivity contribution in [3.8, 4) is 5.75 Å². The van der Waals surface area contributed by atoms with Gasteiger partial charge in [-0.15, -0.1) is 22.7 Å². The minimum atomic E-state index is 0.355. The van der Waals surface area contributed by atoms with Gasteiger partial charge in [-0.3, -0.25) is 0 Å². The van der Waals surface area contributed by atoms with Gasteiger partial charge in [0, 0.05) is 16.2 Å². The molecule has 1 atom stereocenters. The third-order valence-corrected chi connectivity index (χ3v) is 5.57. The highest BCUT2D eigenvalue weighted by Crippen LogP contribution is 2.34. The molecule has 110 valence electrons. The quantitative estimate of drug-likeness (QED) is 0.765. The first-order chi connectivity index (χ1) is 9.78. The monoisotopic (exact) mass is 309 g/mol. The van der Waals surface area contributed by atoms with Crippen LogP contribution in [0.4, 0.5) is 0 Å². The van der Waals surface area contributed by atoms with Crippen LogP contribution in [0.15, 0.2) is 23.6 Å². The minimum absolute atomic E-state index is 0.355. The third-order valence-electron chi connectivity index (χ3n) is 3.31. The lowest BCUT2D eigenvalue weighted by molar-refractivity contribution is 0.402. The first-order valence-electron chi connectivity index (χ1n) is 7.20. The van der Waals surface area contributed by atoms with Crippen LogP contribution in [0.1, 0.15) is 40.9 Å². The van der Waals surface area contributed by atoms with Gasteiger partial charge in [0.1, 0.15) is 5.75 Å². The molecule has 0 saturated carbocycles. The number of methoxy groups -OCH3 is 1. The summed E-state index contributed by atoms with van der Waals surface area (Å²) < 4.78 is 5.48. The molecule has 2 aromatic rings. The van der Waals surface area contributed by atoms with Crippen LogP contribution >= 0.6 is 22.7 Å². The summed E-state index contributed by atoms with van der Waals surface area (Å²) in [6.45, 7) is 5.46. The fourth-order valence-electron chi connectivity index (χ4n) is 2.23. The van der Waals surface area contributed by atoms with Gasteiger partial charge in [0.15, 0.2) is 0 Å². The number of hydrogen-bond acceptors (Lipinski definition) is 4. The Bertz CT molecular complexity index is 518. The van der Waals surface area contributed by atoms with E-state index in [1.807, 2.05) is 11.3 Å². The summed E-state index contributed by atoms with van der Waals surface area (Å²) in [4.78, 5) is 4.23. The molecule has 4 heteroatoms. The Morgan fingerprint density at radius 3 is 2.65 bits per heavy atom. The predicted octanol–water partition coefficient (Wildman–Crippen LogP) is 4.66. The molecule has 0 spiro atoms. The van der Waals surface area contributed by atoms with Gasteiger partial charge < -0.3 is 10.1 Å². The molecular weight excluding hydrogens is 286 g/mol. The third kappa shape index (κ3) is 3.84. The van der Waals surface area contributed by atoms with Crippen molar-refractivity contribution in [2.45, 2.75) is 39.2 Å². The van der Waals surface area contributed by atoms with Crippen LogP contribution in [0.25, 0.3) is 0 Å². The molecule has 0 radical (unpaired) electrons. The first kappa shape index (κ1) is 15.5. The fourth-order valence-corrected chi connectivity index (χ4v) is 4.17. The van der Waals surface area contributed by atoms with E-state index >= 15 is 0 Å². The van der Waals surface area contributed by atoms with E-state index in [4.69, 9.17) is 4.74 Å². The van der Waals surface area contributed by atoms with Crippen LogP contribution in [0.3, 0.4) is 0 Å². The van der Waals surface area contributed by atoms with Crippen LogP contribution in [-0.2, 0) is 12.8 Å². The zero-order valence-electron chi connectivity index (χ0n) is 12.4. The number of rotatable bonds is 8. The summed E-state index contributed by atoms with van der Waals surface area (Å²) in [5, 5.41) is 5.77. The van der Waals surface area contributed by atoms with Crippen LogP contribution in [-0.4, -0.2) is 13.7 Å². The van der Waals surface area contributed by atoms with Crippen molar-refractivity contribution in [3.05, 3.63) is 38.2 Å². The van der Waals surface area contributed by atoms with Crippen LogP contribution in [0, 0.1) is 0 Å². The summed E-state index contributed by atoms with van der Waals surface area (Å²) >= 11 is 3.71. The Balaban J connectivity index is 2.14. The van der Waals surface area contributed by atoms with E-state index in [2.05, 4.69) is 42.7 Å². The molecule has 1 N–H and O–H groups in total. The van der Waals surface area contributed by atoms with E-state index in [0.29, 0.717) is 6.04 Å². The van der Waals surface area contributed by atoms with Gasteiger partial charge in [-0.05, 0) is 43.0 Å². The molecule has 2 heterocycles. The van der Waals surface area contributed by atoms with Crippen molar-refractivity contribution in [1.82, 2.24) is 5.32 Å². The second-order valence-corrected chi connectivity index (χ2v) is 6.99. The molecule has 0 aliphatic heterocycles. The molecule has 20 heavy (non-hydrogen) atoms. The van der Waals surface area contributed by atoms with Crippen LogP contribution in [0.2, 0.25) is 0 Å². The summed E-state index contributed by atoms with van der Waals surface area (Å²) in [6.07, 6.45) is 3.32. The van der Waals surface area contributed by atoms with Gasteiger partial charge in [-0.2, -0.15) is 0 Å². The lowest BCUT2D eigenvalue weighted by atomic mass is 10.1. The summed E-state index contributed by atoms with van der Waals surface area (Å²) in [7, 11) is 1.75. The van der Waals surface area contributed by atoms with Crippen LogP contribution in [0.5, 0.6) is 5.75 Å². The lowest BCUT2D eigenvalue weighted by Gasteiger charge is -2.18. The van der Waals surface area contributed by atoms with E-state index < -0.39 is 0 Å². The van der Waals surface area contributed by atoms with Crippen molar-refractivity contribution >= 4 is 22.7 Å². The van der Waals surface area contributed by atoms with Gasteiger partial charge in [-0.1, -0.05) is 13.8 Å². The van der Waals surface area contributed by atoms with Crippen LogP contribution < -0.4 is 10.1 Å². The van der Waals surface area contributed by atoms with Gasteiger partial charge in [0.05, 0.1) is 18.0 Å². The molecule has 0 aliphatic carbocycles. The lowest BCUT2D eigenvalue weighted by Crippen LogP contribution is -2.23. The standard InChI is InChI=1S/C16H23NOS2/c1-4-9-17-14(16-15(18-3)8-10-19-16)11-13-7-6-12(5-2)20-13/h6-8,10,14,17H,4-5,9,11H2,1-3H3. The molecule has 0 fully saturated rings. The van der Waals surface area contributed by atoms with Gasteiger partial charge >= 0.3 is 0 Å². The second-order valence-electron chi connectivity index (χ2n) is 4.79. The molecule has 0 saturated heterocycles. The predicted molar refractivity (Wildman–Crippen MR) is 89.3 cm³/mol. The normalized spacial score (nSPS) is 12.6. The highest BCUT2D eigenvalue weighted by atomic mass is 32.1. The van der Waals surface area contributed by atoms with Crippen molar-refractivity contribution in [2.75, 3.05) is 13.7 Å². The molecule has 2 nitrogen and oxygen atoms in total. The smallest absolute Gasteiger partial charge is 0.134 e. The maximum Gasteiger partial charge on any atom is 0.134 e. The number of ether oxygens (including phenoxy) is 1. The molecule has 2 aromatic heterocycles. The number of aryl methyl sites for hydroxylation is 1. The zero-order chi connectivity index (χ0) is 14.4. The molecular formula is C16H23NOS2. The maximum atomic E-state index is 5.48. The zero-order valence-corrected chi connectivity index (χ0v) is 14.1. The summed E-state index contributed by atoms with van der Waals surface area (Å²) in [5.74, 6) is 1.01. The number of nitrogens with one attached hydrogen (secondary N) is 1. The summed E-state index contributed by atoms with van der Waals surface area (Å²) in [6, 6.07) is 6.94. The largest absolute Gasteiger partial charge is 0.496 e. The molecule has 1 unspecified atom stereocenters. The Morgan fingerprint density at radius 1 is 1.20 bits per heavy atom. The van der Waals surface area contributed by atoms with Crippen molar-refractivity contribution in [3.63, 3.8) is 0 Å². The Kier molecular flexibility index (Phi) is 6.07. The number of thiophene rings is 2. The average Bonchev–Trinajstić information content (AvgIpc) is 3.11. The maximum absolute atomic E-state index is 5.48. The van der Waals surface area contributed by atoms with Crippen molar-refractivity contribution in [1.29, 1.82) is 0 Å². The Morgan fingerprint density at radius 2 is 2.00 bits per heavy atom. The molecule has 0 bridgehead atoms. The fraction of sp³-hybridized carbons (Fsp3) is 0.500. The molecule has 0 aromatic carbocycles. The first-order valence-corrected chi connectivity index (χ1v) is 8.90. The Hall–Kier alpha value is -0.840. The topological polar surface area (TPSA) is 21.3 Å². The van der Waals surface area contributed by atoms with Crippen molar-refractivity contribution in [2.24, 2.45) is 0 Å². The van der Waals surface area contributed by atoms with E-state index in [1.165, 1.54) is 14.6 Å². The minimum Gasteiger partial charge on any atom is -0.496 e. The second kappa shape index (κ2) is 7.81. The van der Waals surface area contributed by atoms with E-state index in [-0.39, 0.29) is 0 Å². The van der Waals surface area contributed by atoms with Crippen molar-refractivity contribution < 1.29 is 4.74 Å². The molecule has 0 aliphatic rings. The van der Waals surface area contributed by atoms with Gasteiger partial charge in [0.2, 0.25) is 0 Å². The Labute approximate surface area is 129 Å². The number of hydrogen-bond donors (Lipinski definition) is 1. The average molecular weight is 310 g/mol. The van der Waals surface area contributed by atoms with E-state index in [9.17, 15) is 0 Å². The highest BCUT2D eigenvalue weighted by Gasteiger charge is 2.18. The van der Waals surface area contributed by atoms with Gasteiger partial charge in [0.25, 0.3) is 0 Å². The molecule has 0 amide bonds.